The van der Waals surface area contributed by atoms with Gasteiger partial charge in [-0.1, -0.05) is 13.2 Å². The SMILES string of the molecule is C=C(C)C(=C)OC1CCN(C)CC1. The second-order valence-electron chi connectivity index (χ2n) is 3.82. The van der Waals surface area contributed by atoms with Gasteiger partial charge in [0.25, 0.3) is 0 Å². The molecule has 0 atom stereocenters. The molecule has 0 N–H and O–H groups in total. The van der Waals surface area contributed by atoms with Gasteiger partial charge in [-0.05, 0) is 32.4 Å². The maximum atomic E-state index is 5.68. The zero-order chi connectivity index (χ0) is 9.84. The third kappa shape index (κ3) is 3.23. The van der Waals surface area contributed by atoms with Crippen LogP contribution >= 0.6 is 0 Å². The van der Waals surface area contributed by atoms with Crippen LogP contribution in [0.4, 0.5) is 0 Å². The Morgan fingerprint density at radius 1 is 1.31 bits per heavy atom. The topological polar surface area (TPSA) is 12.5 Å². The van der Waals surface area contributed by atoms with Gasteiger partial charge >= 0.3 is 0 Å². The van der Waals surface area contributed by atoms with Crippen molar-refractivity contribution < 1.29 is 4.74 Å². The highest BCUT2D eigenvalue weighted by molar-refractivity contribution is 5.16. The molecule has 1 heterocycles. The summed E-state index contributed by atoms with van der Waals surface area (Å²) >= 11 is 0. The van der Waals surface area contributed by atoms with Gasteiger partial charge in [0, 0.05) is 13.1 Å². The summed E-state index contributed by atoms with van der Waals surface area (Å²) in [6.07, 6.45) is 2.55. The van der Waals surface area contributed by atoms with Crippen LogP contribution < -0.4 is 0 Å². The van der Waals surface area contributed by atoms with Crippen molar-refractivity contribution in [3.05, 3.63) is 24.5 Å². The minimum atomic E-state index is 0.348. The van der Waals surface area contributed by atoms with Gasteiger partial charge in [-0.3, -0.25) is 0 Å². The standard InChI is InChI=1S/C11H19NO/c1-9(2)10(3)13-11-5-7-12(4)8-6-11/h11H,1,3,5-8H2,2,4H3. The lowest BCUT2D eigenvalue weighted by Crippen LogP contribution is -2.34. The molecule has 1 fully saturated rings. The van der Waals surface area contributed by atoms with E-state index < -0.39 is 0 Å². The number of ether oxygens (including phenoxy) is 1. The summed E-state index contributed by atoms with van der Waals surface area (Å²) in [7, 11) is 2.14. The summed E-state index contributed by atoms with van der Waals surface area (Å²) in [6, 6.07) is 0. The molecule has 0 spiro atoms. The molecule has 2 nitrogen and oxygen atoms in total. The van der Waals surface area contributed by atoms with Crippen molar-refractivity contribution in [1.82, 2.24) is 4.90 Å². The van der Waals surface area contributed by atoms with E-state index in [-0.39, 0.29) is 0 Å². The van der Waals surface area contributed by atoms with E-state index in [9.17, 15) is 0 Å². The van der Waals surface area contributed by atoms with Crippen LogP contribution in [-0.4, -0.2) is 31.1 Å². The molecule has 0 aromatic rings. The van der Waals surface area contributed by atoms with Crippen LogP contribution in [0.25, 0.3) is 0 Å². The largest absolute Gasteiger partial charge is 0.491 e. The van der Waals surface area contributed by atoms with Gasteiger partial charge in [0.05, 0.1) is 0 Å². The molecule has 0 amide bonds. The second kappa shape index (κ2) is 4.47. The fraction of sp³-hybridized carbons (Fsp3) is 0.636. The monoisotopic (exact) mass is 181 g/mol. The number of likely N-dealkylation sites (tertiary alicyclic amines) is 1. The molecule has 0 unspecified atom stereocenters. The maximum Gasteiger partial charge on any atom is 0.114 e. The Bertz CT molecular complexity index is 202. The first-order valence-corrected chi connectivity index (χ1v) is 4.79. The van der Waals surface area contributed by atoms with Crippen molar-refractivity contribution >= 4 is 0 Å². The van der Waals surface area contributed by atoms with Crippen LogP contribution in [0.2, 0.25) is 0 Å². The van der Waals surface area contributed by atoms with Gasteiger partial charge < -0.3 is 9.64 Å². The van der Waals surface area contributed by atoms with Crippen LogP contribution in [-0.2, 0) is 4.74 Å². The fourth-order valence-electron chi connectivity index (χ4n) is 1.40. The van der Waals surface area contributed by atoms with Crippen molar-refractivity contribution in [2.75, 3.05) is 20.1 Å². The molecule has 0 aromatic carbocycles. The van der Waals surface area contributed by atoms with Crippen LogP contribution in [0, 0.1) is 0 Å². The van der Waals surface area contributed by atoms with E-state index in [4.69, 9.17) is 4.74 Å². The van der Waals surface area contributed by atoms with Gasteiger partial charge in [-0.15, -0.1) is 0 Å². The summed E-state index contributed by atoms with van der Waals surface area (Å²) in [5, 5.41) is 0. The highest BCUT2D eigenvalue weighted by Gasteiger charge is 2.18. The van der Waals surface area contributed by atoms with Crippen molar-refractivity contribution in [1.29, 1.82) is 0 Å². The van der Waals surface area contributed by atoms with Crippen molar-refractivity contribution in [2.24, 2.45) is 0 Å². The van der Waals surface area contributed by atoms with Gasteiger partial charge in [0.1, 0.15) is 11.9 Å². The molecule has 1 aliphatic rings. The van der Waals surface area contributed by atoms with E-state index in [1.165, 1.54) is 0 Å². The van der Waals surface area contributed by atoms with E-state index in [0.717, 1.165) is 37.3 Å². The number of hydrogen-bond acceptors (Lipinski definition) is 2. The van der Waals surface area contributed by atoms with Crippen LogP contribution in [0.1, 0.15) is 19.8 Å². The van der Waals surface area contributed by atoms with Crippen LogP contribution in [0.5, 0.6) is 0 Å². The van der Waals surface area contributed by atoms with E-state index in [2.05, 4.69) is 25.1 Å². The molecule has 0 bridgehead atoms. The average molecular weight is 181 g/mol. The van der Waals surface area contributed by atoms with Crippen molar-refractivity contribution in [3.63, 3.8) is 0 Å². The van der Waals surface area contributed by atoms with E-state index >= 15 is 0 Å². The minimum Gasteiger partial charge on any atom is -0.491 e. The van der Waals surface area contributed by atoms with Crippen LogP contribution in [0.15, 0.2) is 24.5 Å². The average Bonchev–Trinajstić information content (AvgIpc) is 2.08. The lowest BCUT2D eigenvalue weighted by molar-refractivity contribution is 0.0629. The Labute approximate surface area is 80.9 Å². The molecule has 1 rings (SSSR count). The van der Waals surface area contributed by atoms with E-state index in [1.807, 2.05) is 6.92 Å². The molecule has 0 aliphatic carbocycles. The first kappa shape index (κ1) is 10.3. The highest BCUT2D eigenvalue weighted by atomic mass is 16.5. The Kier molecular flexibility index (Phi) is 3.55. The normalized spacial score (nSPS) is 19.8. The van der Waals surface area contributed by atoms with Gasteiger partial charge in [-0.25, -0.2) is 0 Å². The Hall–Kier alpha value is -0.760. The molecule has 0 radical (unpaired) electrons. The van der Waals surface area contributed by atoms with Gasteiger partial charge in [-0.2, -0.15) is 0 Å². The number of hydrogen-bond donors (Lipinski definition) is 0. The van der Waals surface area contributed by atoms with Crippen molar-refractivity contribution in [3.8, 4) is 0 Å². The third-order valence-electron chi connectivity index (χ3n) is 2.45. The molecule has 74 valence electrons. The summed E-state index contributed by atoms with van der Waals surface area (Å²) < 4.78 is 5.68. The first-order valence-electron chi connectivity index (χ1n) is 4.79. The van der Waals surface area contributed by atoms with E-state index in [1.54, 1.807) is 0 Å². The summed E-state index contributed by atoms with van der Waals surface area (Å²) in [6.45, 7) is 11.8. The molecular formula is C11H19NO. The molecule has 0 aromatic heterocycles. The fourth-order valence-corrected chi connectivity index (χ4v) is 1.40. The zero-order valence-corrected chi connectivity index (χ0v) is 8.68. The number of piperidine rings is 1. The Morgan fingerprint density at radius 2 is 1.85 bits per heavy atom. The number of allylic oxidation sites excluding steroid dienone is 1. The zero-order valence-electron chi connectivity index (χ0n) is 8.68. The van der Waals surface area contributed by atoms with Crippen molar-refractivity contribution in [2.45, 2.75) is 25.9 Å². The molecule has 1 aliphatic heterocycles. The smallest absolute Gasteiger partial charge is 0.114 e. The Morgan fingerprint density at radius 3 is 2.31 bits per heavy atom. The quantitative estimate of drug-likeness (QED) is 0.489. The summed E-state index contributed by atoms with van der Waals surface area (Å²) in [5.41, 5.74) is 0.930. The first-order chi connectivity index (χ1) is 6.09. The number of nitrogens with zero attached hydrogens (tertiary/aromatic N) is 1. The second-order valence-corrected chi connectivity index (χ2v) is 3.82. The maximum absolute atomic E-state index is 5.68. The lowest BCUT2D eigenvalue weighted by atomic mass is 10.1. The third-order valence-corrected chi connectivity index (χ3v) is 2.45. The lowest BCUT2D eigenvalue weighted by Gasteiger charge is -2.29. The minimum absolute atomic E-state index is 0.348. The molecule has 2 heteroatoms. The van der Waals surface area contributed by atoms with Gasteiger partial charge in [0.15, 0.2) is 0 Å². The molecular weight excluding hydrogens is 162 g/mol. The molecule has 0 saturated carbocycles. The summed E-state index contributed by atoms with van der Waals surface area (Å²) in [5.74, 6) is 0.745. The number of rotatable bonds is 3. The predicted octanol–water partition coefficient (Wildman–Crippen LogP) is 2.19. The van der Waals surface area contributed by atoms with Crippen LogP contribution in [0.3, 0.4) is 0 Å². The van der Waals surface area contributed by atoms with Gasteiger partial charge in [0.2, 0.25) is 0 Å². The van der Waals surface area contributed by atoms with E-state index in [0.29, 0.717) is 6.10 Å². The highest BCUT2D eigenvalue weighted by Crippen LogP contribution is 2.17. The Balaban J connectivity index is 2.30. The molecule has 13 heavy (non-hydrogen) atoms. The molecule has 1 saturated heterocycles. The predicted molar refractivity (Wildman–Crippen MR) is 55.6 cm³/mol. The summed E-state index contributed by atoms with van der Waals surface area (Å²) in [4.78, 5) is 2.32.